The molecule has 1 aliphatic carbocycles. The van der Waals surface area contributed by atoms with Crippen molar-refractivity contribution in [1.82, 2.24) is 0 Å². The summed E-state index contributed by atoms with van der Waals surface area (Å²) in [6.45, 7) is 4.73. The van der Waals surface area contributed by atoms with Crippen molar-refractivity contribution < 1.29 is 4.42 Å². The van der Waals surface area contributed by atoms with E-state index in [1.807, 2.05) is 17.4 Å². The monoisotopic (exact) mass is 768 g/mol. The molecule has 276 valence electrons. The molecule has 0 unspecified atom stereocenters. The second-order valence-corrected chi connectivity index (χ2v) is 17.8. The molecule has 1 aliphatic rings. The summed E-state index contributed by atoms with van der Waals surface area (Å²) in [4.78, 5) is 0. The molecule has 12 aromatic rings. The van der Waals surface area contributed by atoms with Crippen molar-refractivity contribution in [3.63, 3.8) is 0 Å². The van der Waals surface area contributed by atoms with Crippen LogP contribution in [0, 0.1) is 0 Å². The van der Waals surface area contributed by atoms with Gasteiger partial charge in [-0.3, -0.25) is 0 Å². The molecule has 0 N–H and O–H groups in total. The lowest BCUT2D eigenvalue weighted by atomic mass is 9.80. The molecular weight excluding hydrogens is 733 g/mol. The van der Waals surface area contributed by atoms with Gasteiger partial charge in [0.1, 0.15) is 5.58 Å². The average molecular weight is 769 g/mol. The van der Waals surface area contributed by atoms with Gasteiger partial charge in [0.2, 0.25) is 0 Å². The topological polar surface area (TPSA) is 13.1 Å². The Hall–Kier alpha value is -7.00. The Balaban J connectivity index is 0.918. The molecule has 0 saturated carbocycles. The largest absolute Gasteiger partial charge is 0.455 e. The molecule has 0 spiro atoms. The van der Waals surface area contributed by atoms with E-state index in [1.165, 1.54) is 119 Å². The number of furan rings is 1. The smallest absolute Gasteiger partial charge is 0.153 e. The number of benzene rings is 10. The Morgan fingerprint density at radius 3 is 1.75 bits per heavy atom. The molecule has 13 rings (SSSR count). The predicted molar refractivity (Wildman–Crippen MR) is 253 cm³/mol. The van der Waals surface area contributed by atoms with E-state index in [1.54, 1.807) is 0 Å². The first-order valence-corrected chi connectivity index (χ1v) is 21.3. The van der Waals surface area contributed by atoms with Crippen LogP contribution in [0.15, 0.2) is 186 Å². The van der Waals surface area contributed by atoms with Gasteiger partial charge in [-0.25, -0.2) is 0 Å². The van der Waals surface area contributed by atoms with Gasteiger partial charge in [-0.1, -0.05) is 159 Å². The van der Waals surface area contributed by atoms with Crippen LogP contribution in [0.5, 0.6) is 0 Å². The Morgan fingerprint density at radius 1 is 0.390 bits per heavy atom. The summed E-state index contributed by atoms with van der Waals surface area (Å²) in [5, 5.41) is 12.5. The maximum Gasteiger partial charge on any atom is 0.153 e. The third-order valence-corrected chi connectivity index (χ3v) is 14.4. The van der Waals surface area contributed by atoms with Crippen LogP contribution < -0.4 is 0 Å². The van der Waals surface area contributed by atoms with Crippen molar-refractivity contribution in [2.24, 2.45) is 0 Å². The van der Waals surface area contributed by atoms with Crippen molar-refractivity contribution >= 4 is 85.8 Å². The minimum absolute atomic E-state index is 0.0615. The number of rotatable bonds is 3. The van der Waals surface area contributed by atoms with E-state index in [9.17, 15) is 0 Å². The molecule has 1 nitrogen and oxygen atoms in total. The van der Waals surface area contributed by atoms with Gasteiger partial charge in [0, 0.05) is 31.7 Å². The molecule has 0 fully saturated rings. The van der Waals surface area contributed by atoms with Crippen LogP contribution in [-0.4, -0.2) is 0 Å². The van der Waals surface area contributed by atoms with Crippen molar-refractivity contribution in [1.29, 1.82) is 0 Å². The van der Waals surface area contributed by atoms with Gasteiger partial charge in [0.25, 0.3) is 0 Å². The molecule has 10 aromatic carbocycles. The molecule has 0 saturated heterocycles. The fraction of sp³-hybridized carbons (Fsp3) is 0.0526. The molecule has 2 heterocycles. The second kappa shape index (κ2) is 12.0. The number of para-hydroxylation sites is 1. The highest BCUT2D eigenvalue weighted by molar-refractivity contribution is 7.26. The molecule has 2 heteroatoms. The lowest BCUT2D eigenvalue weighted by molar-refractivity contribution is 0.660. The van der Waals surface area contributed by atoms with Crippen LogP contribution in [0.2, 0.25) is 0 Å². The van der Waals surface area contributed by atoms with Crippen molar-refractivity contribution in [3.05, 3.63) is 193 Å². The van der Waals surface area contributed by atoms with Crippen molar-refractivity contribution in [2.75, 3.05) is 0 Å². The molecule has 0 amide bonds. The summed E-state index contributed by atoms with van der Waals surface area (Å²) < 4.78 is 8.93. The van der Waals surface area contributed by atoms with Crippen LogP contribution >= 0.6 is 11.3 Å². The summed E-state index contributed by atoms with van der Waals surface area (Å²) in [7, 11) is 0. The van der Waals surface area contributed by atoms with Crippen LogP contribution in [0.4, 0.5) is 0 Å². The van der Waals surface area contributed by atoms with Gasteiger partial charge in [-0.2, -0.15) is 0 Å². The van der Waals surface area contributed by atoms with E-state index in [0.717, 1.165) is 11.2 Å². The molecule has 0 radical (unpaired) electrons. The maximum absolute atomic E-state index is 6.43. The highest BCUT2D eigenvalue weighted by atomic mass is 32.1. The third kappa shape index (κ3) is 4.67. The zero-order valence-electron chi connectivity index (χ0n) is 32.6. The third-order valence-electron chi connectivity index (χ3n) is 13.3. The highest BCUT2D eigenvalue weighted by Crippen LogP contribution is 2.51. The van der Waals surface area contributed by atoms with Gasteiger partial charge in [-0.05, 0) is 124 Å². The number of hydrogen-bond acceptors (Lipinski definition) is 2. The Labute approximate surface area is 345 Å². The number of fused-ring (bicyclic) bond motifs is 13. The summed E-state index contributed by atoms with van der Waals surface area (Å²) in [5.41, 5.74) is 14.9. The fourth-order valence-corrected chi connectivity index (χ4v) is 11.6. The minimum atomic E-state index is -0.0615. The minimum Gasteiger partial charge on any atom is -0.455 e. The summed E-state index contributed by atoms with van der Waals surface area (Å²) in [6.07, 6.45) is 0. The van der Waals surface area contributed by atoms with Crippen molar-refractivity contribution in [3.8, 4) is 44.5 Å². The van der Waals surface area contributed by atoms with Crippen LogP contribution in [0.3, 0.4) is 0 Å². The first kappa shape index (κ1) is 33.0. The van der Waals surface area contributed by atoms with Gasteiger partial charge < -0.3 is 4.42 Å². The Morgan fingerprint density at radius 2 is 0.983 bits per heavy atom. The fourth-order valence-electron chi connectivity index (χ4n) is 10.4. The first-order chi connectivity index (χ1) is 29.0. The summed E-state index contributed by atoms with van der Waals surface area (Å²) in [6, 6.07) is 67.7. The standard InChI is InChI=1S/C57H36OS/c1-57(2)49-17-9-7-11-39(49)40-26-25-37(31-50(40)57)54-44-15-5-3-13-42(44)53(43-14-4-6-16-45(43)54)34-21-19-33(20-22-34)35-23-24-36-32-52-48(30-38(36)29-35)47-28-27-46-41-12-8-10-18-51(41)58-55(46)56(47)59-52/h3-32H,1-2H3. The predicted octanol–water partition coefficient (Wildman–Crippen LogP) is 16.7. The lowest BCUT2D eigenvalue weighted by Gasteiger charge is -2.23. The second-order valence-electron chi connectivity index (χ2n) is 16.8. The van der Waals surface area contributed by atoms with E-state index in [2.05, 4.69) is 190 Å². The normalized spacial score (nSPS) is 13.4. The van der Waals surface area contributed by atoms with Gasteiger partial charge in [0.15, 0.2) is 5.58 Å². The zero-order valence-corrected chi connectivity index (χ0v) is 33.5. The van der Waals surface area contributed by atoms with Gasteiger partial charge >= 0.3 is 0 Å². The van der Waals surface area contributed by atoms with E-state index in [-0.39, 0.29) is 5.41 Å². The van der Waals surface area contributed by atoms with Crippen LogP contribution in [0.1, 0.15) is 25.0 Å². The zero-order chi connectivity index (χ0) is 39.0. The SMILES string of the molecule is CC1(C)c2ccccc2-c2ccc(-c3c4ccccc4c(-c4ccc(-c5ccc6cc7sc8c(ccc9c%10ccccc%10oc98)c7cc6c5)cc4)c4ccccc34)cc21. The van der Waals surface area contributed by atoms with Crippen LogP contribution in [-0.2, 0) is 5.41 Å². The Kier molecular flexibility index (Phi) is 6.73. The number of thiophene rings is 1. The quantitative estimate of drug-likeness (QED) is 0.163. The first-order valence-electron chi connectivity index (χ1n) is 20.5. The molecule has 2 aromatic heterocycles. The van der Waals surface area contributed by atoms with E-state index >= 15 is 0 Å². The average Bonchev–Trinajstić information content (AvgIpc) is 3.92. The van der Waals surface area contributed by atoms with E-state index in [0.29, 0.717) is 0 Å². The molecule has 59 heavy (non-hydrogen) atoms. The summed E-state index contributed by atoms with van der Waals surface area (Å²) >= 11 is 1.83. The maximum atomic E-state index is 6.43. The van der Waals surface area contributed by atoms with Crippen molar-refractivity contribution in [2.45, 2.75) is 19.3 Å². The van der Waals surface area contributed by atoms with Gasteiger partial charge in [-0.15, -0.1) is 11.3 Å². The molecule has 0 bridgehead atoms. The molecule has 0 atom stereocenters. The van der Waals surface area contributed by atoms with E-state index < -0.39 is 0 Å². The van der Waals surface area contributed by atoms with Crippen LogP contribution in [0.25, 0.3) is 119 Å². The van der Waals surface area contributed by atoms with E-state index in [4.69, 9.17) is 4.42 Å². The molecule has 0 aliphatic heterocycles. The lowest BCUT2D eigenvalue weighted by Crippen LogP contribution is -2.14. The Bertz CT molecular complexity index is 3690. The highest BCUT2D eigenvalue weighted by Gasteiger charge is 2.35. The molecular formula is C57H36OS. The number of hydrogen-bond donors (Lipinski definition) is 0. The van der Waals surface area contributed by atoms with Gasteiger partial charge in [0.05, 0.1) is 4.70 Å². The summed E-state index contributed by atoms with van der Waals surface area (Å²) in [5.74, 6) is 0.